The number of imidazole rings is 1. The first-order valence-electron chi connectivity index (χ1n) is 11.7. The number of hydrogen-bond acceptors (Lipinski definition) is 10. The van der Waals surface area contributed by atoms with E-state index in [0.29, 0.717) is 22.7 Å². The molecule has 3 heterocycles. The molecule has 0 radical (unpaired) electrons. The predicted molar refractivity (Wildman–Crippen MR) is 133 cm³/mol. The number of aromatic nitrogens is 4. The lowest BCUT2D eigenvalue weighted by atomic mass is 10.0. The molecule has 2 amide bonds. The van der Waals surface area contributed by atoms with Gasteiger partial charge in [0.2, 0.25) is 11.8 Å². The van der Waals surface area contributed by atoms with E-state index in [2.05, 4.69) is 25.6 Å². The first kappa shape index (κ1) is 26.3. The normalized spacial score (nSPS) is 22.0. The van der Waals surface area contributed by atoms with Gasteiger partial charge in [0.1, 0.15) is 30.3 Å². The third-order valence-corrected chi connectivity index (χ3v) is 6.19. The van der Waals surface area contributed by atoms with Gasteiger partial charge >= 0.3 is 0 Å². The van der Waals surface area contributed by atoms with Crippen molar-refractivity contribution in [3.8, 4) is 5.75 Å². The maximum atomic E-state index is 13.3. The summed E-state index contributed by atoms with van der Waals surface area (Å²) in [6, 6.07) is 5.26. The van der Waals surface area contributed by atoms with Crippen LogP contribution in [0.1, 0.15) is 18.7 Å². The van der Waals surface area contributed by atoms with E-state index in [4.69, 9.17) is 9.47 Å². The van der Waals surface area contributed by atoms with E-state index in [1.165, 1.54) is 19.6 Å². The van der Waals surface area contributed by atoms with E-state index in [9.17, 15) is 19.8 Å². The number of anilines is 1. The van der Waals surface area contributed by atoms with Crippen molar-refractivity contribution in [2.24, 2.45) is 0 Å². The zero-order chi connectivity index (χ0) is 26.7. The van der Waals surface area contributed by atoms with Gasteiger partial charge in [-0.25, -0.2) is 15.0 Å². The van der Waals surface area contributed by atoms with Crippen molar-refractivity contribution in [1.29, 1.82) is 0 Å². The molecule has 0 aliphatic carbocycles. The minimum atomic E-state index is -1.24. The molecule has 198 valence electrons. The van der Waals surface area contributed by atoms with E-state index in [-0.39, 0.29) is 12.3 Å². The topological polar surface area (TPSA) is 164 Å². The zero-order valence-electron chi connectivity index (χ0n) is 21.0. The predicted octanol–water partition coefficient (Wildman–Crippen LogP) is -0.616. The largest absolute Gasteiger partial charge is 0.497 e. The summed E-state index contributed by atoms with van der Waals surface area (Å²) in [5, 5.41) is 26.5. The Labute approximate surface area is 213 Å². The summed E-state index contributed by atoms with van der Waals surface area (Å²) in [6.07, 6.45) is -0.0494. The monoisotopic (exact) mass is 513 g/mol. The van der Waals surface area contributed by atoms with Gasteiger partial charge in [-0.05, 0) is 17.7 Å². The van der Waals surface area contributed by atoms with Crippen LogP contribution in [0.2, 0.25) is 0 Å². The second kappa shape index (κ2) is 11.1. The van der Waals surface area contributed by atoms with Crippen molar-refractivity contribution in [1.82, 2.24) is 30.2 Å². The number of carbonyl (C=O) groups excluding carboxylic acids is 2. The summed E-state index contributed by atoms with van der Waals surface area (Å²) in [4.78, 5) is 39.8. The smallest absolute Gasteiger partial charge is 0.243 e. The molecule has 1 fully saturated rings. The fourth-order valence-corrected chi connectivity index (χ4v) is 4.38. The molecule has 5 unspecified atom stereocenters. The Bertz CT molecular complexity index is 1250. The van der Waals surface area contributed by atoms with E-state index >= 15 is 0 Å². The third kappa shape index (κ3) is 5.48. The second-order valence-corrected chi connectivity index (χ2v) is 8.99. The molecule has 1 saturated heterocycles. The fraction of sp³-hybridized carbons (Fsp3) is 0.458. The molecule has 5 atom stereocenters. The molecular weight excluding hydrogens is 482 g/mol. The van der Waals surface area contributed by atoms with Crippen LogP contribution in [-0.2, 0) is 20.7 Å². The van der Waals surface area contributed by atoms with E-state index in [1.54, 1.807) is 40.8 Å². The summed E-state index contributed by atoms with van der Waals surface area (Å²) < 4.78 is 12.6. The number of aliphatic hydroxyl groups excluding tert-OH is 2. The van der Waals surface area contributed by atoms with Crippen molar-refractivity contribution < 1.29 is 29.3 Å². The van der Waals surface area contributed by atoms with Crippen molar-refractivity contribution in [2.75, 3.05) is 32.7 Å². The molecule has 13 nitrogen and oxygen atoms in total. The van der Waals surface area contributed by atoms with Crippen molar-refractivity contribution in [3.05, 3.63) is 42.5 Å². The number of amides is 2. The Kier molecular flexibility index (Phi) is 7.86. The molecule has 3 aromatic rings. The number of hydrogen-bond donors (Lipinski definition) is 4. The molecule has 4 N–H and O–H groups in total. The molecule has 37 heavy (non-hydrogen) atoms. The third-order valence-electron chi connectivity index (χ3n) is 6.19. The highest BCUT2D eigenvalue weighted by Gasteiger charge is 2.46. The Balaban J connectivity index is 1.54. The molecule has 1 aliphatic heterocycles. The molecule has 0 saturated carbocycles. The summed E-state index contributed by atoms with van der Waals surface area (Å²) in [5.41, 5.74) is 1.75. The van der Waals surface area contributed by atoms with Crippen LogP contribution in [-0.4, -0.2) is 93.7 Å². The highest BCUT2D eigenvalue weighted by atomic mass is 16.5. The molecule has 1 aromatic carbocycles. The molecule has 1 aliphatic rings. The molecule has 13 heteroatoms. The van der Waals surface area contributed by atoms with Gasteiger partial charge < -0.3 is 35.2 Å². The van der Waals surface area contributed by atoms with Gasteiger partial charge in [-0.2, -0.15) is 0 Å². The Hall–Kier alpha value is -3.81. The number of aliphatic hydroxyl groups is 2. The molecule has 0 spiro atoms. The molecule has 2 aromatic heterocycles. The maximum Gasteiger partial charge on any atom is 0.243 e. The Morgan fingerprint density at radius 3 is 2.57 bits per heavy atom. The van der Waals surface area contributed by atoms with Crippen LogP contribution in [0.25, 0.3) is 11.2 Å². The molecule has 4 rings (SSSR count). The lowest BCUT2D eigenvalue weighted by molar-refractivity contribution is -0.129. The number of nitrogens with one attached hydrogen (secondary N) is 2. The van der Waals surface area contributed by atoms with Gasteiger partial charge in [-0.1, -0.05) is 12.1 Å². The quantitative estimate of drug-likeness (QED) is 0.290. The van der Waals surface area contributed by atoms with Crippen LogP contribution in [0.3, 0.4) is 0 Å². The van der Waals surface area contributed by atoms with Gasteiger partial charge in [0.05, 0.1) is 26.1 Å². The number of carbonyl (C=O) groups is 2. The average Bonchev–Trinajstić information content (AvgIpc) is 3.44. The number of methoxy groups -OCH3 is 1. The van der Waals surface area contributed by atoms with E-state index in [1.807, 2.05) is 14.1 Å². The van der Waals surface area contributed by atoms with E-state index in [0.717, 1.165) is 5.56 Å². The highest BCUT2D eigenvalue weighted by molar-refractivity contribution is 5.87. The van der Waals surface area contributed by atoms with Crippen LogP contribution in [0.15, 0.2) is 36.9 Å². The van der Waals surface area contributed by atoms with Crippen LogP contribution >= 0.6 is 0 Å². The molecular formula is C24H31N7O6. The van der Waals surface area contributed by atoms with Crippen LogP contribution in [0, 0.1) is 0 Å². The first-order chi connectivity index (χ1) is 17.7. The summed E-state index contributed by atoms with van der Waals surface area (Å²) >= 11 is 0. The molecule has 0 bridgehead atoms. The van der Waals surface area contributed by atoms with E-state index < -0.39 is 43.0 Å². The zero-order valence-corrected chi connectivity index (χ0v) is 21.0. The number of nitrogens with zero attached hydrogens (tertiary/aromatic N) is 5. The van der Waals surface area contributed by atoms with Gasteiger partial charge in [0.25, 0.3) is 0 Å². The SMILES string of the molecule is COc1ccc(CC(NC(C)=O)C(=O)NC2C(CO)OC(n3cnc4c(N(C)C)ncnc43)C2O)cc1. The minimum absolute atomic E-state index is 0.211. The van der Waals surface area contributed by atoms with Gasteiger partial charge in [-0.3, -0.25) is 14.2 Å². The lowest BCUT2D eigenvalue weighted by Crippen LogP contribution is -2.55. The Morgan fingerprint density at radius 1 is 1.22 bits per heavy atom. The van der Waals surface area contributed by atoms with Gasteiger partial charge in [0.15, 0.2) is 23.2 Å². The summed E-state index contributed by atoms with van der Waals surface area (Å²) in [6.45, 7) is 0.870. The van der Waals surface area contributed by atoms with Crippen molar-refractivity contribution in [2.45, 2.75) is 43.9 Å². The summed E-state index contributed by atoms with van der Waals surface area (Å²) in [5.74, 6) is 0.360. The van der Waals surface area contributed by atoms with Crippen molar-refractivity contribution in [3.63, 3.8) is 0 Å². The van der Waals surface area contributed by atoms with Crippen LogP contribution < -0.4 is 20.3 Å². The minimum Gasteiger partial charge on any atom is -0.497 e. The Morgan fingerprint density at radius 2 is 1.95 bits per heavy atom. The number of ether oxygens (including phenoxy) is 2. The highest BCUT2D eigenvalue weighted by Crippen LogP contribution is 2.32. The number of fused-ring (bicyclic) bond motifs is 1. The van der Waals surface area contributed by atoms with Gasteiger partial charge in [-0.15, -0.1) is 0 Å². The first-order valence-corrected chi connectivity index (χ1v) is 11.7. The lowest BCUT2D eigenvalue weighted by Gasteiger charge is -2.24. The van der Waals surface area contributed by atoms with Crippen LogP contribution in [0.4, 0.5) is 5.82 Å². The van der Waals surface area contributed by atoms with Crippen molar-refractivity contribution >= 4 is 28.8 Å². The second-order valence-electron chi connectivity index (χ2n) is 8.99. The van der Waals surface area contributed by atoms with Gasteiger partial charge in [0, 0.05) is 27.4 Å². The summed E-state index contributed by atoms with van der Waals surface area (Å²) in [7, 11) is 5.21. The maximum absolute atomic E-state index is 13.3. The number of rotatable bonds is 9. The average molecular weight is 514 g/mol. The fourth-order valence-electron chi connectivity index (χ4n) is 4.38. The standard InChI is InChI=1S/C24H31N7O6/c1-13(33)28-16(9-14-5-7-15(36-4)8-6-14)23(35)29-18-17(10-32)37-24(20(18)34)31-12-27-19-21(30(2)3)25-11-26-22(19)31/h5-8,11-12,16-18,20,24,32,34H,9-10H2,1-4H3,(H,28,33)(H,29,35). The number of benzene rings is 1. The van der Waals surface area contributed by atoms with Crippen LogP contribution in [0.5, 0.6) is 5.75 Å².